The fraction of sp³-hybridized carbons (Fsp3) is 0.136. The molecular formula is C22H20N4O2. The number of nitrogens with one attached hydrogen (secondary N) is 1. The Labute approximate surface area is 162 Å². The fourth-order valence-corrected chi connectivity index (χ4v) is 3.04. The van der Waals surface area contributed by atoms with Crippen LogP contribution in [-0.4, -0.2) is 28.0 Å². The van der Waals surface area contributed by atoms with Crippen LogP contribution in [0.4, 0.5) is 5.69 Å². The van der Waals surface area contributed by atoms with Gasteiger partial charge in [-0.2, -0.15) is 0 Å². The molecule has 6 nitrogen and oxygen atoms in total. The Hall–Kier alpha value is -3.67. The van der Waals surface area contributed by atoms with E-state index in [0.717, 1.165) is 11.1 Å². The Bertz CT molecular complexity index is 1130. The lowest BCUT2D eigenvalue weighted by Crippen LogP contribution is -2.12. The number of para-hydroxylation sites is 2. The molecule has 1 heterocycles. The molecule has 3 aromatic carbocycles. The monoisotopic (exact) mass is 372 g/mol. The van der Waals surface area contributed by atoms with E-state index in [-0.39, 0.29) is 5.91 Å². The molecule has 1 aromatic heterocycles. The number of ether oxygens (including phenoxy) is 1. The zero-order valence-electron chi connectivity index (χ0n) is 15.7. The van der Waals surface area contributed by atoms with Gasteiger partial charge in [-0.1, -0.05) is 47.2 Å². The van der Waals surface area contributed by atoms with Gasteiger partial charge in [-0.15, -0.1) is 5.10 Å². The van der Waals surface area contributed by atoms with E-state index < -0.39 is 0 Å². The van der Waals surface area contributed by atoms with Crippen LogP contribution in [0.15, 0.2) is 66.7 Å². The van der Waals surface area contributed by atoms with E-state index in [4.69, 9.17) is 4.74 Å². The quantitative estimate of drug-likeness (QED) is 0.574. The number of hydrogen-bond acceptors (Lipinski definition) is 4. The molecule has 0 spiro atoms. The van der Waals surface area contributed by atoms with Gasteiger partial charge in [-0.25, -0.2) is 4.68 Å². The summed E-state index contributed by atoms with van der Waals surface area (Å²) in [7, 11) is 1.57. The summed E-state index contributed by atoms with van der Waals surface area (Å²) in [6.07, 6.45) is 0. The third-order valence-electron chi connectivity index (χ3n) is 4.58. The highest BCUT2D eigenvalue weighted by Crippen LogP contribution is 2.24. The highest BCUT2D eigenvalue weighted by molar-refractivity contribution is 6.06. The van der Waals surface area contributed by atoms with E-state index in [1.165, 1.54) is 5.56 Å². The van der Waals surface area contributed by atoms with Crippen LogP contribution in [-0.2, 0) is 6.54 Å². The Morgan fingerprint density at radius 1 is 1.07 bits per heavy atom. The minimum atomic E-state index is -0.223. The van der Waals surface area contributed by atoms with Gasteiger partial charge in [-0.05, 0) is 42.8 Å². The van der Waals surface area contributed by atoms with Gasteiger partial charge in [0.2, 0.25) is 0 Å². The first kappa shape index (κ1) is 17.7. The largest absolute Gasteiger partial charge is 0.495 e. The van der Waals surface area contributed by atoms with Crippen molar-refractivity contribution in [3.8, 4) is 5.75 Å². The number of rotatable bonds is 5. The number of aryl methyl sites for hydroxylation is 1. The molecule has 0 fully saturated rings. The highest BCUT2D eigenvalue weighted by atomic mass is 16.5. The summed E-state index contributed by atoms with van der Waals surface area (Å²) in [5.74, 6) is 0.389. The zero-order valence-corrected chi connectivity index (χ0v) is 15.7. The summed E-state index contributed by atoms with van der Waals surface area (Å²) < 4.78 is 7.11. The fourth-order valence-electron chi connectivity index (χ4n) is 3.04. The smallest absolute Gasteiger partial charge is 0.255 e. The van der Waals surface area contributed by atoms with E-state index >= 15 is 0 Å². The number of aromatic nitrogens is 3. The molecule has 0 aliphatic rings. The number of anilines is 1. The van der Waals surface area contributed by atoms with Crippen LogP contribution in [0.2, 0.25) is 0 Å². The Balaban J connectivity index is 1.56. The normalized spacial score (nSPS) is 10.8. The van der Waals surface area contributed by atoms with Gasteiger partial charge >= 0.3 is 0 Å². The second-order valence-electron chi connectivity index (χ2n) is 6.59. The van der Waals surface area contributed by atoms with Crippen LogP contribution in [0, 0.1) is 6.92 Å². The summed E-state index contributed by atoms with van der Waals surface area (Å²) in [4.78, 5) is 12.6. The SMILES string of the molecule is COc1ccccc1NC(=O)c1ccc2c(c1)nnn2Cc1ccc(C)cc1. The van der Waals surface area contributed by atoms with Crippen molar-refractivity contribution in [2.24, 2.45) is 0 Å². The molecule has 28 heavy (non-hydrogen) atoms. The second kappa shape index (κ2) is 7.52. The minimum Gasteiger partial charge on any atom is -0.495 e. The number of amides is 1. The van der Waals surface area contributed by atoms with Crippen LogP contribution in [0.3, 0.4) is 0 Å². The Morgan fingerprint density at radius 2 is 1.86 bits per heavy atom. The van der Waals surface area contributed by atoms with Crippen LogP contribution in [0.25, 0.3) is 11.0 Å². The molecule has 0 saturated carbocycles. The standard InChI is InChI=1S/C22H20N4O2/c1-15-7-9-16(10-8-15)14-26-20-12-11-17(13-19(20)24-25-26)22(27)23-18-5-3-4-6-21(18)28-2/h3-13H,14H2,1-2H3,(H,23,27). The molecule has 4 rings (SSSR count). The average molecular weight is 372 g/mol. The predicted molar refractivity (Wildman–Crippen MR) is 109 cm³/mol. The van der Waals surface area contributed by atoms with Gasteiger partial charge in [0, 0.05) is 5.56 Å². The zero-order chi connectivity index (χ0) is 19.5. The maximum atomic E-state index is 12.6. The van der Waals surface area contributed by atoms with E-state index in [0.29, 0.717) is 29.1 Å². The van der Waals surface area contributed by atoms with Crippen molar-refractivity contribution in [3.63, 3.8) is 0 Å². The van der Waals surface area contributed by atoms with Crippen molar-refractivity contribution < 1.29 is 9.53 Å². The van der Waals surface area contributed by atoms with Gasteiger partial charge in [0.15, 0.2) is 0 Å². The molecule has 0 atom stereocenters. The van der Waals surface area contributed by atoms with Crippen molar-refractivity contribution in [1.29, 1.82) is 0 Å². The van der Waals surface area contributed by atoms with E-state index in [1.807, 2.05) is 22.9 Å². The van der Waals surface area contributed by atoms with Crippen LogP contribution in [0.5, 0.6) is 5.75 Å². The molecule has 0 aliphatic carbocycles. The minimum absolute atomic E-state index is 0.223. The maximum Gasteiger partial charge on any atom is 0.255 e. The lowest BCUT2D eigenvalue weighted by molar-refractivity contribution is 0.102. The maximum absolute atomic E-state index is 12.6. The second-order valence-corrected chi connectivity index (χ2v) is 6.59. The summed E-state index contributed by atoms with van der Waals surface area (Å²) >= 11 is 0. The van der Waals surface area contributed by atoms with E-state index in [2.05, 4.69) is 46.8 Å². The van der Waals surface area contributed by atoms with Crippen molar-refractivity contribution in [2.45, 2.75) is 13.5 Å². The molecule has 0 aliphatic heterocycles. The van der Waals surface area contributed by atoms with E-state index in [9.17, 15) is 4.79 Å². The molecule has 1 amide bonds. The lowest BCUT2D eigenvalue weighted by Gasteiger charge is -2.09. The predicted octanol–water partition coefficient (Wildman–Crippen LogP) is 4.05. The highest BCUT2D eigenvalue weighted by Gasteiger charge is 2.12. The lowest BCUT2D eigenvalue weighted by atomic mass is 10.1. The van der Waals surface area contributed by atoms with Crippen LogP contribution in [0.1, 0.15) is 21.5 Å². The molecule has 0 bridgehead atoms. The first-order valence-corrected chi connectivity index (χ1v) is 8.97. The van der Waals surface area contributed by atoms with E-state index in [1.54, 1.807) is 31.4 Å². The number of hydrogen-bond donors (Lipinski definition) is 1. The number of nitrogens with zero attached hydrogens (tertiary/aromatic N) is 3. The first-order chi connectivity index (χ1) is 13.6. The summed E-state index contributed by atoms with van der Waals surface area (Å²) in [5.41, 5.74) is 5.07. The van der Waals surface area contributed by atoms with Crippen LogP contribution < -0.4 is 10.1 Å². The van der Waals surface area contributed by atoms with Gasteiger partial charge in [-0.3, -0.25) is 4.79 Å². The van der Waals surface area contributed by atoms with Crippen molar-refractivity contribution in [1.82, 2.24) is 15.0 Å². The third-order valence-corrected chi connectivity index (χ3v) is 4.58. The van der Waals surface area contributed by atoms with Gasteiger partial charge in [0.1, 0.15) is 11.3 Å². The summed E-state index contributed by atoms with van der Waals surface area (Å²) in [6, 6.07) is 21.0. The molecule has 4 aromatic rings. The number of fused-ring (bicyclic) bond motifs is 1. The van der Waals surface area contributed by atoms with Crippen molar-refractivity contribution >= 4 is 22.6 Å². The molecule has 6 heteroatoms. The van der Waals surface area contributed by atoms with Gasteiger partial charge < -0.3 is 10.1 Å². The van der Waals surface area contributed by atoms with Crippen LogP contribution >= 0.6 is 0 Å². The molecule has 0 radical (unpaired) electrons. The Morgan fingerprint density at radius 3 is 2.64 bits per heavy atom. The number of carbonyl (C=O) groups is 1. The van der Waals surface area contributed by atoms with Crippen molar-refractivity contribution in [2.75, 3.05) is 12.4 Å². The number of benzene rings is 3. The third kappa shape index (κ3) is 3.57. The average Bonchev–Trinajstić information content (AvgIpc) is 3.12. The van der Waals surface area contributed by atoms with Gasteiger partial charge in [0.25, 0.3) is 5.91 Å². The number of carbonyl (C=O) groups excluding carboxylic acids is 1. The number of methoxy groups -OCH3 is 1. The molecule has 1 N–H and O–H groups in total. The van der Waals surface area contributed by atoms with Crippen molar-refractivity contribution in [3.05, 3.63) is 83.4 Å². The summed E-state index contributed by atoms with van der Waals surface area (Å²) in [6.45, 7) is 2.69. The van der Waals surface area contributed by atoms with Gasteiger partial charge in [0.05, 0.1) is 24.9 Å². The molecular weight excluding hydrogens is 352 g/mol. The summed E-state index contributed by atoms with van der Waals surface area (Å²) in [5, 5.41) is 11.3. The molecule has 0 saturated heterocycles. The molecule has 0 unspecified atom stereocenters. The topological polar surface area (TPSA) is 69.0 Å². The molecule has 140 valence electrons. The first-order valence-electron chi connectivity index (χ1n) is 8.97. The Kier molecular flexibility index (Phi) is 4.76.